The van der Waals surface area contributed by atoms with E-state index in [-0.39, 0.29) is 5.91 Å². The van der Waals surface area contributed by atoms with E-state index in [2.05, 4.69) is 15.5 Å². The van der Waals surface area contributed by atoms with Crippen molar-refractivity contribution in [2.75, 3.05) is 17.6 Å². The highest BCUT2D eigenvalue weighted by molar-refractivity contribution is 8.01. The van der Waals surface area contributed by atoms with Gasteiger partial charge < -0.3 is 10.2 Å². The first kappa shape index (κ1) is 17.5. The van der Waals surface area contributed by atoms with Crippen LogP contribution in [0.15, 0.2) is 22.5 Å². The van der Waals surface area contributed by atoms with Gasteiger partial charge in [-0.2, -0.15) is 0 Å². The van der Waals surface area contributed by atoms with Crippen LogP contribution in [0.2, 0.25) is 5.02 Å². The second-order valence-corrected chi connectivity index (χ2v) is 8.27. The second-order valence-electron chi connectivity index (χ2n) is 5.66. The Hall–Kier alpha value is -1.31. The van der Waals surface area contributed by atoms with Gasteiger partial charge >= 0.3 is 0 Å². The molecule has 0 aliphatic heterocycles. The minimum atomic E-state index is 0.181. The summed E-state index contributed by atoms with van der Waals surface area (Å²) in [5.41, 5.74) is 1.91. The Kier molecular flexibility index (Phi) is 5.63. The maximum atomic E-state index is 12.2. The lowest BCUT2D eigenvalue weighted by Gasteiger charge is -2.19. The first-order chi connectivity index (χ1) is 11.6. The van der Waals surface area contributed by atoms with Crippen molar-refractivity contribution in [2.24, 2.45) is 0 Å². The molecule has 0 unspecified atom stereocenters. The minimum absolute atomic E-state index is 0.181. The normalized spacial score (nSPS) is 13.8. The highest BCUT2D eigenvalue weighted by atomic mass is 35.5. The van der Waals surface area contributed by atoms with Crippen molar-refractivity contribution < 1.29 is 4.79 Å². The summed E-state index contributed by atoms with van der Waals surface area (Å²) in [5, 5.41) is 12.9. The van der Waals surface area contributed by atoms with Crippen LogP contribution in [0, 0.1) is 6.92 Å². The number of nitrogens with zero attached hydrogens (tertiary/aromatic N) is 3. The molecule has 2 aromatic rings. The lowest BCUT2D eigenvalue weighted by molar-refractivity contribution is -0.128. The fourth-order valence-corrected chi connectivity index (χ4v) is 4.18. The van der Waals surface area contributed by atoms with Gasteiger partial charge in [0.1, 0.15) is 0 Å². The largest absolute Gasteiger partial charge is 0.339 e. The number of hydrogen-bond donors (Lipinski definition) is 1. The van der Waals surface area contributed by atoms with E-state index >= 15 is 0 Å². The summed E-state index contributed by atoms with van der Waals surface area (Å²) >= 11 is 9.01. The highest BCUT2D eigenvalue weighted by Gasteiger charge is 2.31. The Balaban J connectivity index is 1.55. The topological polar surface area (TPSA) is 58.1 Å². The molecule has 128 valence electrons. The molecule has 1 aliphatic carbocycles. The van der Waals surface area contributed by atoms with Gasteiger partial charge in [-0.1, -0.05) is 40.8 Å². The average molecular weight is 383 g/mol. The van der Waals surface area contributed by atoms with Gasteiger partial charge in [-0.3, -0.25) is 4.79 Å². The van der Waals surface area contributed by atoms with Gasteiger partial charge in [0.05, 0.1) is 5.75 Å². The third kappa shape index (κ3) is 4.40. The maximum Gasteiger partial charge on any atom is 0.233 e. The van der Waals surface area contributed by atoms with Gasteiger partial charge in [0.15, 0.2) is 4.34 Å². The molecule has 8 heteroatoms. The van der Waals surface area contributed by atoms with Crippen LogP contribution >= 0.6 is 34.7 Å². The Bertz CT molecular complexity index is 733. The molecule has 1 aromatic carbocycles. The predicted octanol–water partition coefficient (Wildman–Crippen LogP) is 4.35. The lowest BCUT2D eigenvalue weighted by Crippen LogP contribution is -2.34. The molecule has 1 fully saturated rings. The minimum Gasteiger partial charge on any atom is -0.339 e. The summed E-state index contributed by atoms with van der Waals surface area (Å²) in [4.78, 5) is 14.2. The van der Waals surface area contributed by atoms with Crippen LogP contribution in [0.5, 0.6) is 0 Å². The Morgan fingerprint density at radius 2 is 2.25 bits per heavy atom. The Morgan fingerprint density at radius 3 is 2.92 bits per heavy atom. The molecule has 5 nitrogen and oxygen atoms in total. The van der Waals surface area contributed by atoms with E-state index in [4.69, 9.17) is 11.6 Å². The van der Waals surface area contributed by atoms with Gasteiger partial charge in [0.2, 0.25) is 11.0 Å². The smallest absolute Gasteiger partial charge is 0.233 e. The van der Waals surface area contributed by atoms with Gasteiger partial charge in [0, 0.05) is 23.3 Å². The standard InChI is InChI=1S/C16H19ClN4OS2/c1-3-21(12-6-7-12)14(22)9-23-16-20-19-15(24-16)18-11-5-4-10(2)13(17)8-11/h4-5,8,12H,3,6-7,9H2,1-2H3,(H,18,19). The van der Waals surface area contributed by atoms with Crippen molar-refractivity contribution in [2.45, 2.75) is 37.1 Å². The van der Waals surface area contributed by atoms with E-state index in [1.54, 1.807) is 0 Å². The molecule has 0 atom stereocenters. The second kappa shape index (κ2) is 7.72. The molecule has 1 aromatic heterocycles. The fraction of sp³-hybridized carbons (Fsp3) is 0.438. The summed E-state index contributed by atoms with van der Waals surface area (Å²) in [7, 11) is 0. The fourth-order valence-electron chi connectivity index (χ4n) is 2.34. The molecule has 1 saturated carbocycles. The quantitative estimate of drug-likeness (QED) is 0.721. The molecular weight excluding hydrogens is 364 g/mol. The molecule has 0 spiro atoms. The maximum absolute atomic E-state index is 12.2. The molecule has 0 saturated heterocycles. The van der Waals surface area contributed by atoms with Crippen LogP contribution < -0.4 is 5.32 Å². The first-order valence-corrected chi connectivity index (χ1v) is 10.0. The van der Waals surface area contributed by atoms with Crippen molar-refractivity contribution in [3.05, 3.63) is 28.8 Å². The summed E-state index contributed by atoms with van der Waals surface area (Å²) in [6, 6.07) is 6.23. The van der Waals surface area contributed by atoms with Crippen LogP contribution in [-0.2, 0) is 4.79 Å². The number of halogens is 1. The predicted molar refractivity (Wildman–Crippen MR) is 101 cm³/mol. The van der Waals surface area contributed by atoms with Gasteiger partial charge in [-0.25, -0.2) is 0 Å². The van der Waals surface area contributed by atoms with Crippen molar-refractivity contribution >= 4 is 51.4 Å². The van der Waals surface area contributed by atoms with E-state index in [0.29, 0.717) is 21.9 Å². The monoisotopic (exact) mass is 382 g/mol. The average Bonchev–Trinajstić information content (AvgIpc) is 3.29. The molecule has 1 N–H and O–H groups in total. The highest BCUT2D eigenvalue weighted by Crippen LogP contribution is 2.31. The molecular formula is C16H19ClN4OS2. The number of hydrogen-bond acceptors (Lipinski definition) is 6. The van der Waals surface area contributed by atoms with E-state index in [1.807, 2.05) is 36.9 Å². The SMILES string of the molecule is CCN(C(=O)CSc1nnc(Nc2ccc(C)c(Cl)c2)s1)C1CC1. The number of nitrogens with one attached hydrogen (secondary N) is 1. The van der Waals surface area contributed by atoms with Crippen LogP contribution in [-0.4, -0.2) is 39.3 Å². The van der Waals surface area contributed by atoms with Crippen LogP contribution in [0.4, 0.5) is 10.8 Å². The number of aryl methyl sites for hydroxylation is 1. The summed E-state index contributed by atoms with van der Waals surface area (Å²) in [5.74, 6) is 0.593. The third-order valence-corrected chi connectivity index (χ3v) is 6.16. The molecule has 24 heavy (non-hydrogen) atoms. The van der Waals surface area contributed by atoms with E-state index in [9.17, 15) is 4.79 Å². The van der Waals surface area contributed by atoms with Gasteiger partial charge in [-0.05, 0) is 44.4 Å². The molecule has 1 amide bonds. The number of carbonyl (C=O) groups excluding carboxylic acids is 1. The number of rotatable bonds is 7. The molecule has 0 bridgehead atoms. The van der Waals surface area contributed by atoms with Crippen molar-refractivity contribution in [3.8, 4) is 0 Å². The van der Waals surface area contributed by atoms with Crippen molar-refractivity contribution in [1.82, 2.24) is 15.1 Å². The summed E-state index contributed by atoms with van der Waals surface area (Å²) in [6.45, 7) is 4.77. The molecule has 0 radical (unpaired) electrons. The van der Waals surface area contributed by atoms with Gasteiger partial charge in [0.25, 0.3) is 0 Å². The number of aromatic nitrogens is 2. The molecule has 3 rings (SSSR count). The lowest BCUT2D eigenvalue weighted by atomic mass is 10.2. The zero-order valence-corrected chi connectivity index (χ0v) is 16.0. The summed E-state index contributed by atoms with van der Waals surface area (Å²) < 4.78 is 0.788. The Labute approximate surface area is 154 Å². The van der Waals surface area contributed by atoms with Crippen LogP contribution in [0.1, 0.15) is 25.3 Å². The van der Waals surface area contributed by atoms with E-state index < -0.39 is 0 Å². The number of thioether (sulfide) groups is 1. The summed E-state index contributed by atoms with van der Waals surface area (Å²) in [6.07, 6.45) is 2.27. The van der Waals surface area contributed by atoms with Crippen molar-refractivity contribution in [3.63, 3.8) is 0 Å². The third-order valence-electron chi connectivity index (χ3n) is 3.80. The molecule has 1 heterocycles. The number of carbonyl (C=O) groups is 1. The molecule has 1 aliphatic rings. The first-order valence-electron chi connectivity index (χ1n) is 7.85. The number of amides is 1. The number of anilines is 2. The van der Waals surface area contributed by atoms with E-state index in [0.717, 1.165) is 35.0 Å². The van der Waals surface area contributed by atoms with Crippen molar-refractivity contribution in [1.29, 1.82) is 0 Å². The van der Waals surface area contributed by atoms with Crippen LogP contribution in [0.3, 0.4) is 0 Å². The van der Waals surface area contributed by atoms with Gasteiger partial charge in [-0.15, -0.1) is 10.2 Å². The van der Waals surface area contributed by atoms with E-state index in [1.165, 1.54) is 23.1 Å². The zero-order chi connectivity index (χ0) is 17.1. The zero-order valence-electron chi connectivity index (χ0n) is 13.6. The number of benzene rings is 1. The Morgan fingerprint density at radius 1 is 1.46 bits per heavy atom. The van der Waals surface area contributed by atoms with Crippen LogP contribution in [0.25, 0.3) is 0 Å².